The minimum absolute atomic E-state index is 0.207. The highest BCUT2D eigenvalue weighted by molar-refractivity contribution is 8.13. The van der Waals surface area contributed by atoms with Crippen molar-refractivity contribution < 1.29 is 8.42 Å². The van der Waals surface area contributed by atoms with E-state index in [1.165, 1.54) is 0 Å². The van der Waals surface area contributed by atoms with Crippen molar-refractivity contribution in [3.63, 3.8) is 0 Å². The van der Waals surface area contributed by atoms with Crippen LogP contribution in [0.1, 0.15) is 24.5 Å². The highest BCUT2D eigenvalue weighted by Crippen LogP contribution is 2.20. The average molecular weight is 233 g/mol. The van der Waals surface area contributed by atoms with E-state index in [0.717, 1.165) is 18.4 Å². The fourth-order valence-electron chi connectivity index (χ4n) is 1.43. The first-order valence-electron chi connectivity index (χ1n) is 4.49. The number of aryl methyl sites for hydroxylation is 2. The fraction of sp³-hybridized carbons (Fsp3) is 0.400. The number of halogens is 1. The number of rotatable bonds is 3. The zero-order valence-electron chi connectivity index (χ0n) is 8.25. The van der Waals surface area contributed by atoms with E-state index in [1.807, 2.05) is 12.1 Å². The van der Waals surface area contributed by atoms with Gasteiger partial charge in [-0.2, -0.15) is 0 Å². The lowest BCUT2D eigenvalue weighted by atomic mass is 10.1. The molecule has 0 N–H and O–H groups in total. The Balaban J connectivity index is 3.15. The van der Waals surface area contributed by atoms with E-state index >= 15 is 0 Å². The monoisotopic (exact) mass is 232 g/mol. The molecule has 0 saturated carbocycles. The zero-order chi connectivity index (χ0) is 10.8. The third-order valence-electron chi connectivity index (χ3n) is 2.04. The Kier molecular flexibility index (Phi) is 3.56. The normalized spacial score (nSPS) is 11.6. The van der Waals surface area contributed by atoms with Gasteiger partial charge in [0.25, 0.3) is 9.05 Å². The molecule has 1 rings (SSSR count). The molecule has 0 aromatic heterocycles. The predicted molar refractivity (Wildman–Crippen MR) is 58.2 cm³/mol. The lowest BCUT2D eigenvalue weighted by Gasteiger charge is -2.04. The highest BCUT2D eigenvalue weighted by Gasteiger charge is 2.12. The fourth-order valence-corrected chi connectivity index (χ4v) is 2.62. The van der Waals surface area contributed by atoms with Crippen LogP contribution in [-0.4, -0.2) is 8.42 Å². The van der Waals surface area contributed by atoms with Crippen molar-refractivity contribution >= 4 is 19.7 Å². The van der Waals surface area contributed by atoms with Crippen molar-refractivity contribution in [2.24, 2.45) is 0 Å². The van der Waals surface area contributed by atoms with Crippen molar-refractivity contribution in [1.29, 1.82) is 0 Å². The Labute approximate surface area is 89.3 Å². The minimum atomic E-state index is -3.59. The van der Waals surface area contributed by atoms with Crippen LogP contribution in [-0.2, 0) is 15.5 Å². The topological polar surface area (TPSA) is 34.1 Å². The Morgan fingerprint density at radius 3 is 2.43 bits per heavy atom. The van der Waals surface area contributed by atoms with Gasteiger partial charge in [0.15, 0.2) is 0 Å². The predicted octanol–water partition coefficient (Wildman–Crippen LogP) is 2.88. The third-order valence-corrected chi connectivity index (χ3v) is 3.52. The molecule has 0 atom stereocenters. The molecule has 1 aromatic rings. The van der Waals surface area contributed by atoms with Gasteiger partial charge in [-0.15, -0.1) is 0 Å². The maximum Gasteiger partial charge on any atom is 0.261 e. The summed E-state index contributed by atoms with van der Waals surface area (Å²) in [5.41, 5.74) is 1.86. The van der Waals surface area contributed by atoms with Crippen LogP contribution in [0.2, 0.25) is 0 Å². The van der Waals surface area contributed by atoms with E-state index in [2.05, 4.69) is 6.92 Å². The summed E-state index contributed by atoms with van der Waals surface area (Å²) in [6.07, 6.45) is 2.01. The summed E-state index contributed by atoms with van der Waals surface area (Å²) in [4.78, 5) is 0.207. The van der Waals surface area contributed by atoms with Crippen LogP contribution in [0.4, 0.5) is 0 Å². The van der Waals surface area contributed by atoms with Crippen molar-refractivity contribution in [3.8, 4) is 0 Å². The maximum absolute atomic E-state index is 11.1. The lowest BCUT2D eigenvalue weighted by Crippen LogP contribution is -1.95. The van der Waals surface area contributed by atoms with E-state index in [0.29, 0.717) is 5.56 Å². The van der Waals surface area contributed by atoms with Crippen LogP contribution in [0, 0.1) is 6.92 Å². The SMILES string of the molecule is CCCc1ccc(S(=O)(=O)Cl)c(C)c1. The number of benzene rings is 1. The molecule has 0 spiro atoms. The van der Waals surface area contributed by atoms with E-state index in [9.17, 15) is 8.42 Å². The van der Waals surface area contributed by atoms with Gasteiger partial charge in [0.05, 0.1) is 4.90 Å². The molecule has 1 aromatic carbocycles. The van der Waals surface area contributed by atoms with Gasteiger partial charge in [0.1, 0.15) is 0 Å². The minimum Gasteiger partial charge on any atom is -0.207 e. The first-order chi connectivity index (χ1) is 6.45. The van der Waals surface area contributed by atoms with Crippen LogP contribution in [0.5, 0.6) is 0 Å². The second-order valence-corrected chi connectivity index (χ2v) is 5.82. The molecule has 0 unspecified atom stereocenters. The van der Waals surface area contributed by atoms with Gasteiger partial charge in [-0.3, -0.25) is 0 Å². The summed E-state index contributed by atoms with van der Waals surface area (Å²) in [5.74, 6) is 0. The molecule has 0 amide bonds. The molecular formula is C10H13ClO2S. The Hall–Kier alpha value is -0.540. The molecule has 0 heterocycles. The van der Waals surface area contributed by atoms with Gasteiger partial charge < -0.3 is 0 Å². The van der Waals surface area contributed by atoms with E-state index < -0.39 is 9.05 Å². The van der Waals surface area contributed by atoms with E-state index in [4.69, 9.17) is 10.7 Å². The second-order valence-electron chi connectivity index (χ2n) is 3.29. The van der Waals surface area contributed by atoms with E-state index in [-0.39, 0.29) is 4.90 Å². The van der Waals surface area contributed by atoms with Gasteiger partial charge in [-0.25, -0.2) is 8.42 Å². The summed E-state index contributed by atoms with van der Waals surface area (Å²) < 4.78 is 22.2. The molecule has 0 aliphatic heterocycles. The van der Waals surface area contributed by atoms with Gasteiger partial charge in [-0.1, -0.05) is 25.5 Å². The summed E-state index contributed by atoms with van der Waals surface area (Å²) in [7, 11) is 1.67. The summed E-state index contributed by atoms with van der Waals surface area (Å²) in [6.45, 7) is 3.84. The molecule has 2 nitrogen and oxygen atoms in total. The lowest BCUT2D eigenvalue weighted by molar-refractivity contribution is 0.609. The third kappa shape index (κ3) is 2.72. The molecule has 0 bridgehead atoms. The summed E-state index contributed by atoms with van der Waals surface area (Å²) in [6, 6.07) is 5.26. The van der Waals surface area contributed by atoms with Crippen LogP contribution in [0.15, 0.2) is 23.1 Å². The van der Waals surface area contributed by atoms with E-state index in [1.54, 1.807) is 13.0 Å². The Morgan fingerprint density at radius 1 is 1.36 bits per heavy atom. The van der Waals surface area contributed by atoms with Crippen molar-refractivity contribution in [2.75, 3.05) is 0 Å². The van der Waals surface area contributed by atoms with Gasteiger partial charge in [-0.05, 0) is 30.5 Å². The van der Waals surface area contributed by atoms with Gasteiger partial charge >= 0.3 is 0 Å². The van der Waals surface area contributed by atoms with Crippen molar-refractivity contribution in [3.05, 3.63) is 29.3 Å². The van der Waals surface area contributed by atoms with Crippen molar-refractivity contribution in [2.45, 2.75) is 31.6 Å². The standard InChI is InChI=1S/C10H13ClO2S/c1-3-4-9-5-6-10(8(2)7-9)14(11,12)13/h5-7H,3-4H2,1-2H3. The summed E-state index contributed by atoms with van der Waals surface area (Å²) in [5, 5.41) is 0. The average Bonchev–Trinajstić information content (AvgIpc) is 2.02. The van der Waals surface area contributed by atoms with Crippen molar-refractivity contribution in [1.82, 2.24) is 0 Å². The highest BCUT2D eigenvalue weighted by atomic mass is 35.7. The molecule has 0 fully saturated rings. The van der Waals surface area contributed by atoms with Gasteiger partial charge in [0, 0.05) is 10.7 Å². The first-order valence-corrected chi connectivity index (χ1v) is 6.80. The molecule has 0 saturated heterocycles. The van der Waals surface area contributed by atoms with Gasteiger partial charge in [0.2, 0.25) is 0 Å². The maximum atomic E-state index is 11.1. The number of hydrogen-bond acceptors (Lipinski definition) is 2. The second kappa shape index (κ2) is 4.32. The molecule has 0 aliphatic rings. The Bertz CT molecular complexity index is 424. The smallest absolute Gasteiger partial charge is 0.207 e. The zero-order valence-corrected chi connectivity index (χ0v) is 9.82. The van der Waals surface area contributed by atoms with Crippen LogP contribution >= 0.6 is 10.7 Å². The Morgan fingerprint density at radius 2 is 2.00 bits per heavy atom. The molecular weight excluding hydrogens is 220 g/mol. The molecule has 14 heavy (non-hydrogen) atoms. The van der Waals surface area contributed by atoms with Crippen LogP contribution in [0.3, 0.4) is 0 Å². The number of hydrogen-bond donors (Lipinski definition) is 0. The largest absolute Gasteiger partial charge is 0.261 e. The molecule has 4 heteroatoms. The molecule has 0 radical (unpaired) electrons. The summed E-state index contributed by atoms with van der Waals surface area (Å²) >= 11 is 0. The first kappa shape index (κ1) is 11.5. The van der Waals surface area contributed by atoms with Crippen LogP contribution in [0.25, 0.3) is 0 Å². The molecule has 78 valence electrons. The molecule has 0 aliphatic carbocycles. The quantitative estimate of drug-likeness (QED) is 0.751. The van der Waals surface area contributed by atoms with Crippen LogP contribution < -0.4 is 0 Å².